The van der Waals surface area contributed by atoms with Crippen LogP contribution in [-0.2, 0) is 0 Å². The highest BCUT2D eigenvalue weighted by Gasteiger charge is 2.03. The van der Waals surface area contributed by atoms with Gasteiger partial charge in [0.15, 0.2) is 0 Å². The maximum absolute atomic E-state index is 11.8. The summed E-state index contributed by atoms with van der Waals surface area (Å²) in [5.41, 5.74) is 3.68. The third-order valence-corrected chi connectivity index (χ3v) is 3.57. The molecular weight excluding hydrogens is 391 g/mol. The molecule has 20 heavy (non-hydrogen) atoms. The lowest BCUT2D eigenvalue weighted by atomic mass is 10.2. The van der Waals surface area contributed by atoms with E-state index in [2.05, 4.69) is 10.5 Å². The molecular formula is C14H10ClIN2O2. The van der Waals surface area contributed by atoms with E-state index in [9.17, 15) is 9.90 Å². The van der Waals surface area contributed by atoms with Gasteiger partial charge in [-0.1, -0.05) is 11.6 Å². The number of rotatable bonds is 3. The summed E-state index contributed by atoms with van der Waals surface area (Å²) >= 11 is 7.76. The van der Waals surface area contributed by atoms with E-state index in [1.54, 1.807) is 42.5 Å². The first-order valence-electron chi connectivity index (χ1n) is 5.64. The Labute approximate surface area is 134 Å². The predicted octanol–water partition coefficient (Wildman–Crippen LogP) is 3.41. The lowest BCUT2D eigenvalue weighted by Crippen LogP contribution is -2.17. The Hall–Kier alpha value is -1.60. The third kappa shape index (κ3) is 3.94. The summed E-state index contributed by atoms with van der Waals surface area (Å²) < 4.78 is 0.718. The minimum atomic E-state index is -0.314. The van der Waals surface area contributed by atoms with Gasteiger partial charge in [-0.3, -0.25) is 4.79 Å². The van der Waals surface area contributed by atoms with E-state index in [1.165, 1.54) is 6.21 Å². The van der Waals surface area contributed by atoms with Crippen LogP contribution in [-0.4, -0.2) is 17.2 Å². The number of hydrogen-bond acceptors (Lipinski definition) is 3. The second-order valence-electron chi connectivity index (χ2n) is 3.92. The van der Waals surface area contributed by atoms with Crippen molar-refractivity contribution < 1.29 is 9.90 Å². The van der Waals surface area contributed by atoms with Gasteiger partial charge in [-0.25, -0.2) is 5.43 Å². The Kier molecular flexibility index (Phi) is 4.97. The van der Waals surface area contributed by atoms with Gasteiger partial charge in [0.2, 0.25) is 0 Å². The summed E-state index contributed by atoms with van der Waals surface area (Å²) in [6.45, 7) is 0. The minimum absolute atomic E-state index is 0.216. The predicted molar refractivity (Wildman–Crippen MR) is 87.3 cm³/mol. The Morgan fingerprint density at radius 2 is 1.95 bits per heavy atom. The number of benzene rings is 2. The van der Waals surface area contributed by atoms with Crippen molar-refractivity contribution in [1.82, 2.24) is 5.43 Å². The van der Waals surface area contributed by atoms with Crippen molar-refractivity contribution in [2.24, 2.45) is 5.10 Å². The van der Waals surface area contributed by atoms with E-state index < -0.39 is 0 Å². The molecule has 0 aliphatic rings. The molecule has 2 N–H and O–H groups in total. The van der Waals surface area contributed by atoms with Crippen molar-refractivity contribution in [3.05, 3.63) is 62.2 Å². The number of carbonyl (C=O) groups excluding carboxylic acids is 1. The number of nitrogens with one attached hydrogen (secondary N) is 1. The second-order valence-corrected chi connectivity index (χ2v) is 5.52. The van der Waals surface area contributed by atoms with Gasteiger partial charge in [0.1, 0.15) is 5.75 Å². The molecule has 0 heterocycles. The van der Waals surface area contributed by atoms with Crippen LogP contribution in [0.5, 0.6) is 5.75 Å². The Morgan fingerprint density at radius 3 is 2.60 bits per heavy atom. The number of phenols is 1. The first-order valence-corrected chi connectivity index (χ1v) is 7.09. The van der Waals surface area contributed by atoms with Crippen LogP contribution < -0.4 is 5.43 Å². The highest BCUT2D eigenvalue weighted by atomic mass is 127. The van der Waals surface area contributed by atoms with Crippen molar-refractivity contribution in [2.45, 2.75) is 0 Å². The van der Waals surface area contributed by atoms with Crippen molar-refractivity contribution in [1.29, 1.82) is 0 Å². The summed E-state index contributed by atoms with van der Waals surface area (Å²) in [5, 5.41) is 13.8. The maximum atomic E-state index is 11.8. The molecule has 6 heteroatoms. The molecule has 0 bridgehead atoms. The lowest BCUT2D eigenvalue weighted by molar-refractivity contribution is 0.0955. The Balaban J connectivity index is 2.00. The molecule has 0 radical (unpaired) electrons. The van der Waals surface area contributed by atoms with Crippen molar-refractivity contribution >= 4 is 46.3 Å². The van der Waals surface area contributed by atoms with E-state index in [0.29, 0.717) is 10.6 Å². The molecule has 0 aliphatic heterocycles. The van der Waals surface area contributed by atoms with Crippen molar-refractivity contribution in [3.63, 3.8) is 0 Å². The molecule has 0 aromatic heterocycles. The van der Waals surface area contributed by atoms with Crippen molar-refractivity contribution in [2.75, 3.05) is 0 Å². The number of aromatic hydroxyl groups is 1. The molecule has 0 atom stereocenters. The van der Waals surface area contributed by atoms with Gasteiger partial charge >= 0.3 is 0 Å². The first kappa shape index (κ1) is 14.8. The van der Waals surface area contributed by atoms with Crippen LogP contribution >= 0.6 is 34.2 Å². The molecule has 102 valence electrons. The summed E-state index contributed by atoms with van der Waals surface area (Å²) in [5.74, 6) is -0.0978. The standard InChI is InChI=1S/C14H10ClIN2O2/c15-11-4-2-10(3-5-11)14(20)18-17-8-9-1-6-13(19)12(16)7-9/h1-8,19H,(H,18,20). The third-order valence-electron chi connectivity index (χ3n) is 2.46. The van der Waals surface area contributed by atoms with Crippen molar-refractivity contribution in [3.8, 4) is 5.75 Å². The molecule has 0 saturated carbocycles. The molecule has 0 fully saturated rings. The van der Waals surface area contributed by atoms with Crippen LogP contribution in [0.15, 0.2) is 47.6 Å². The molecule has 2 rings (SSSR count). The fourth-order valence-electron chi connectivity index (χ4n) is 1.43. The quantitative estimate of drug-likeness (QED) is 0.471. The molecule has 0 aliphatic carbocycles. The number of carbonyl (C=O) groups is 1. The van der Waals surface area contributed by atoms with Gasteiger partial charge in [0.25, 0.3) is 5.91 Å². The van der Waals surface area contributed by atoms with Gasteiger partial charge in [-0.15, -0.1) is 0 Å². The van der Waals surface area contributed by atoms with Crippen LogP contribution in [0.25, 0.3) is 0 Å². The molecule has 0 spiro atoms. The number of phenolic OH excluding ortho intramolecular Hbond substituents is 1. The smallest absolute Gasteiger partial charge is 0.271 e. The van der Waals surface area contributed by atoms with Crippen LogP contribution in [0.3, 0.4) is 0 Å². The zero-order valence-corrected chi connectivity index (χ0v) is 13.1. The maximum Gasteiger partial charge on any atom is 0.271 e. The van der Waals surface area contributed by atoms with Crippen LogP contribution in [0.4, 0.5) is 0 Å². The van der Waals surface area contributed by atoms with Gasteiger partial charge < -0.3 is 5.11 Å². The molecule has 4 nitrogen and oxygen atoms in total. The average molecular weight is 401 g/mol. The van der Waals surface area contributed by atoms with Gasteiger partial charge in [-0.2, -0.15) is 5.10 Å². The zero-order valence-electron chi connectivity index (χ0n) is 10.2. The van der Waals surface area contributed by atoms with E-state index in [4.69, 9.17) is 11.6 Å². The van der Waals surface area contributed by atoms with E-state index in [-0.39, 0.29) is 11.7 Å². The SMILES string of the molecule is O=C(NN=Cc1ccc(O)c(I)c1)c1ccc(Cl)cc1. The fourth-order valence-corrected chi connectivity index (χ4v) is 2.10. The van der Waals surface area contributed by atoms with Crippen LogP contribution in [0.1, 0.15) is 15.9 Å². The second kappa shape index (κ2) is 6.71. The lowest BCUT2D eigenvalue weighted by Gasteiger charge is -2.00. The van der Waals surface area contributed by atoms with Crippen LogP contribution in [0.2, 0.25) is 5.02 Å². The fraction of sp³-hybridized carbons (Fsp3) is 0. The summed E-state index contributed by atoms with van der Waals surface area (Å²) in [7, 11) is 0. The summed E-state index contributed by atoms with van der Waals surface area (Å²) in [6, 6.07) is 11.6. The Bertz CT molecular complexity index is 657. The monoisotopic (exact) mass is 400 g/mol. The number of hydrazone groups is 1. The number of hydrogen-bond donors (Lipinski definition) is 2. The van der Waals surface area contributed by atoms with Gasteiger partial charge in [0, 0.05) is 10.6 Å². The largest absolute Gasteiger partial charge is 0.507 e. The van der Waals surface area contributed by atoms with E-state index in [1.807, 2.05) is 22.6 Å². The van der Waals surface area contributed by atoms with Gasteiger partial charge in [0.05, 0.1) is 9.78 Å². The summed E-state index contributed by atoms with van der Waals surface area (Å²) in [6.07, 6.45) is 1.51. The van der Waals surface area contributed by atoms with Crippen LogP contribution in [0, 0.1) is 3.57 Å². The topological polar surface area (TPSA) is 61.7 Å². The summed E-state index contributed by atoms with van der Waals surface area (Å²) in [4.78, 5) is 11.8. The zero-order chi connectivity index (χ0) is 14.5. The highest BCUT2D eigenvalue weighted by Crippen LogP contribution is 2.19. The number of nitrogens with zero attached hydrogens (tertiary/aromatic N) is 1. The molecule has 2 aromatic carbocycles. The van der Waals surface area contributed by atoms with E-state index >= 15 is 0 Å². The molecule has 1 amide bonds. The molecule has 0 saturated heterocycles. The van der Waals surface area contributed by atoms with E-state index in [0.717, 1.165) is 9.13 Å². The molecule has 0 unspecified atom stereocenters. The highest BCUT2D eigenvalue weighted by molar-refractivity contribution is 14.1. The average Bonchev–Trinajstić information content (AvgIpc) is 2.43. The number of amides is 1. The van der Waals surface area contributed by atoms with Gasteiger partial charge in [-0.05, 0) is 70.6 Å². The first-order chi connectivity index (χ1) is 9.56. The molecule has 2 aromatic rings. The number of halogens is 2. The normalized spacial score (nSPS) is 10.7. The Morgan fingerprint density at radius 1 is 1.25 bits per heavy atom. The minimum Gasteiger partial charge on any atom is -0.507 e.